The molecule has 26 heavy (non-hydrogen) atoms. The highest BCUT2D eigenvalue weighted by atomic mass is 32.1. The molecule has 138 valence electrons. The van der Waals surface area contributed by atoms with Crippen molar-refractivity contribution in [3.63, 3.8) is 0 Å². The lowest BCUT2D eigenvalue weighted by Crippen LogP contribution is -2.26. The third-order valence-corrected chi connectivity index (χ3v) is 5.06. The van der Waals surface area contributed by atoms with Gasteiger partial charge < -0.3 is 18.9 Å². The zero-order valence-corrected chi connectivity index (χ0v) is 16.1. The summed E-state index contributed by atoms with van der Waals surface area (Å²) in [6, 6.07) is 1.81. The number of hydrogen-bond donors (Lipinski definition) is 0. The van der Waals surface area contributed by atoms with Crippen LogP contribution in [0.1, 0.15) is 32.5 Å². The van der Waals surface area contributed by atoms with Crippen molar-refractivity contribution in [1.29, 1.82) is 0 Å². The van der Waals surface area contributed by atoms with Gasteiger partial charge in [-0.1, -0.05) is 5.16 Å². The molecule has 0 spiro atoms. The lowest BCUT2D eigenvalue weighted by molar-refractivity contribution is 0.0786. The second-order valence-electron chi connectivity index (χ2n) is 5.91. The number of thiophene rings is 1. The van der Waals surface area contributed by atoms with Gasteiger partial charge in [0.25, 0.3) is 5.91 Å². The van der Waals surface area contributed by atoms with Crippen molar-refractivity contribution in [2.75, 3.05) is 21.3 Å². The molecular weight excluding hydrogens is 356 g/mol. The maximum atomic E-state index is 12.9. The summed E-state index contributed by atoms with van der Waals surface area (Å²) in [6.07, 6.45) is 0. The zero-order chi connectivity index (χ0) is 18.8. The summed E-state index contributed by atoms with van der Waals surface area (Å²) in [4.78, 5) is 24.7. The van der Waals surface area contributed by atoms with E-state index >= 15 is 0 Å². The monoisotopic (exact) mass is 376 g/mol. The Hall–Kier alpha value is -2.52. The third-order valence-electron chi connectivity index (χ3n) is 3.89. The quantitative estimate of drug-likeness (QED) is 0.653. The van der Waals surface area contributed by atoms with Crippen LogP contribution in [0.15, 0.2) is 10.6 Å². The van der Waals surface area contributed by atoms with Crippen LogP contribution in [0, 0.1) is 13.8 Å². The number of fused-ring (bicyclic) bond motifs is 1. The molecule has 3 heterocycles. The number of hydrogen-bond acceptors (Lipinski definition) is 8. The maximum Gasteiger partial charge on any atom is 0.264 e. The predicted molar refractivity (Wildman–Crippen MR) is 96.5 cm³/mol. The highest BCUT2D eigenvalue weighted by Gasteiger charge is 2.23. The molecular formula is C17H20N4O4S. The molecule has 1 amide bonds. The van der Waals surface area contributed by atoms with Crippen molar-refractivity contribution in [3.05, 3.63) is 33.8 Å². The van der Waals surface area contributed by atoms with Crippen molar-refractivity contribution in [2.24, 2.45) is 0 Å². The SMILES string of the molecule is COCc1nc(OC)c2c(C)c(C(=O)N(C)Cc3cc(C)on3)sc2n1. The molecule has 3 rings (SSSR count). The lowest BCUT2D eigenvalue weighted by atomic mass is 10.2. The zero-order valence-electron chi connectivity index (χ0n) is 15.3. The predicted octanol–water partition coefficient (Wildman–Crippen LogP) is 2.72. The molecule has 3 aromatic heterocycles. The molecule has 0 saturated carbocycles. The van der Waals surface area contributed by atoms with Crippen molar-refractivity contribution in [3.8, 4) is 5.88 Å². The van der Waals surface area contributed by atoms with Gasteiger partial charge in [0.2, 0.25) is 5.88 Å². The first-order chi connectivity index (χ1) is 12.4. The molecule has 0 aromatic carbocycles. The highest BCUT2D eigenvalue weighted by Crippen LogP contribution is 2.35. The Labute approximate surface area is 154 Å². The van der Waals surface area contributed by atoms with E-state index in [4.69, 9.17) is 14.0 Å². The van der Waals surface area contributed by atoms with E-state index in [0.717, 1.165) is 10.9 Å². The molecule has 0 aliphatic carbocycles. The fourth-order valence-electron chi connectivity index (χ4n) is 2.67. The molecule has 0 saturated heterocycles. The Bertz CT molecular complexity index is 950. The van der Waals surface area contributed by atoms with Crippen LogP contribution >= 0.6 is 11.3 Å². The summed E-state index contributed by atoms with van der Waals surface area (Å²) >= 11 is 1.32. The van der Waals surface area contributed by atoms with Crippen LogP contribution in [0.4, 0.5) is 0 Å². The molecule has 0 aliphatic rings. The van der Waals surface area contributed by atoms with Crippen molar-refractivity contribution < 1.29 is 18.8 Å². The van der Waals surface area contributed by atoms with Crippen LogP contribution in [-0.2, 0) is 17.9 Å². The topological polar surface area (TPSA) is 90.6 Å². The van der Waals surface area contributed by atoms with Gasteiger partial charge in [0.1, 0.15) is 22.9 Å². The number of carbonyl (C=O) groups is 1. The van der Waals surface area contributed by atoms with E-state index in [1.54, 1.807) is 26.2 Å². The Morgan fingerprint density at radius 1 is 1.31 bits per heavy atom. The van der Waals surface area contributed by atoms with Crippen LogP contribution in [0.3, 0.4) is 0 Å². The number of aryl methyl sites for hydroxylation is 2. The van der Waals surface area contributed by atoms with Crippen LogP contribution in [0.2, 0.25) is 0 Å². The minimum atomic E-state index is -0.110. The second-order valence-corrected chi connectivity index (χ2v) is 6.91. The van der Waals surface area contributed by atoms with E-state index in [1.807, 2.05) is 19.9 Å². The van der Waals surface area contributed by atoms with E-state index < -0.39 is 0 Å². The van der Waals surface area contributed by atoms with E-state index in [0.29, 0.717) is 39.4 Å². The third kappa shape index (κ3) is 3.40. The number of rotatable bonds is 6. The Morgan fingerprint density at radius 3 is 2.69 bits per heavy atom. The Kier molecular flexibility index (Phi) is 5.19. The first-order valence-corrected chi connectivity index (χ1v) is 8.76. The summed E-state index contributed by atoms with van der Waals surface area (Å²) in [7, 11) is 4.86. The van der Waals surface area contributed by atoms with Gasteiger partial charge in [-0.15, -0.1) is 11.3 Å². The van der Waals surface area contributed by atoms with Gasteiger partial charge in [0.15, 0.2) is 5.82 Å². The number of methoxy groups -OCH3 is 2. The fraction of sp³-hybridized carbons (Fsp3) is 0.412. The molecule has 3 aromatic rings. The fourth-order valence-corrected chi connectivity index (χ4v) is 3.86. The first-order valence-electron chi connectivity index (χ1n) is 7.95. The molecule has 0 radical (unpaired) electrons. The molecule has 0 aliphatic heterocycles. The summed E-state index contributed by atoms with van der Waals surface area (Å²) in [5, 5.41) is 4.69. The Morgan fingerprint density at radius 2 is 2.08 bits per heavy atom. The van der Waals surface area contributed by atoms with Gasteiger partial charge in [-0.25, -0.2) is 4.98 Å². The maximum absolute atomic E-state index is 12.9. The van der Waals surface area contributed by atoms with Crippen LogP contribution in [-0.4, -0.2) is 47.2 Å². The molecule has 0 bridgehead atoms. The average Bonchev–Trinajstić information content (AvgIpc) is 3.17. The van der Waals surface area contributed by atoms with Gasteiger partial charge in [0, 0.05) is 20.2 Å². The number of ether oxygens (including phenoxy) is 2. The van der Waals surface area contributed by atoms with Gasteiger partial charge >= 0.3 is 0 Å². The second kappa shape index (κ2) is 7.38. The van der Waals surface area contributed by atoms with E-state index in [2.05, 4.69) is 15.1 Å². The van der Waals surface area contributed by atoms with Crippen molar-refractivity contribution in [1.82, 2.24) is 20.0 Å². The lowest BCUT2D eigenvalue weighted by Gasteiger charge is -2.14. The summed E-state index contributed by atoms with van der Waals surface area (Å²) < 4.78 is 15.6. The molecule has 0 unspecified atom stereocenters. The molecule has 8 nitrogen and oxygen atoms in total. The van der Waals surface area contributed by atoms with Crippen molar-refractivity contribution in [2.45, 2.75) is 27.0 Å². The number of amides is 1. The molecule has 0 N–H and O–H groups in total. The minimum absolute atomic E-state index is 0.110. The van der Waals surface area contributed by atoms with E-state index in [-0.39, 0.29) is 12.5 Å². The number of carbonyl (C=O) groups excluding carboxylic acids is 1. The number of nitrogens with zero attached hydrogens (tertiary/aromatic N) is 4. The highest BCUT2D eigenvalue weighted by molar-refractivity contribution is 7.20. The van der Waals surface area contributed by atoms with Gasteiger partial charge in [-0.05, 0) is 19.4 Å². The minimum Gasteiger partial charge on any atom is -0.480 e. The van der Waals surface area contributed by atoms with Gasteiger partial charge in [0.05, 0.1) is 23.9 Å². The van der Waals surface area contributed by atoms with E-state index in [9.17, 15) is 4.79 Å². The summed E-state index contributed by atoms with van der Waals surface area (Å²) in [5.41, 5.74) is 1.51. The van der Waals surface area contributed by atoms with Crippen LogP contribution in [0.25, 0.3) is 10.2 Å². The van der Waals surface area contributed by atoms with Crippen LogP contribution in [0.5, 0.6) is 5.88 Å². The summed E-state index contributed by atoms with van der Waals surface area (Å²) in [6.45, 7) is 4.33. The summed E-state index contributed by atoms with van der Waals surface area (Å²) in [5.74, 6) is 1.57. The Balaban J connectivity index is 1.96. The first kappa shape index (κ1) is 18.3. The van der Waals surface area contributed by atoms with Crippen LogP contribution < -0.4 is 4.74 Å². The van der Waals surface area contributed by atoms with Gasteiger partial charge in [-0.2, -0.15) is 4.98 Å². The smallest absolute Gasteiger partial charge is 0.264 e. The molecule has 9 heteroatoms. The molecule has 0 fully saturated rings. The average molecular weight is 376 g/mol. The van der Waals surface area contributed by atoms with Gasteiger partial charge in [-0.3, -0.25) is 4.79 Å². The largest absolute Gasteiger partial charge is 0.480 e. The normalized spacial score (nSPS) is 11.1. The van der Waals surface area contributed by atoms with E-state index in [1.165, 1.54) is 11.3 Å². The standard InChI is InChI=1S/C17H20N4O4S/c1-9-6-11(20-25-9)7-21(3)17(22)14-10(2)13-15(24-5)18-12(8-23-4)19-16(13)26-14/h6H,7-8H2,1-5H3. The molecule has 0 atom stereocenters. The van der Waals surface area contributed by atoms with Crippen molar-refractivity contribution >= 4 is 27.5 Å². The number of aromatic nitrogens is 3.